The number of aromatic nitrogens is 4. The molecule has 0 atom stereocenters. The molecule has 5 aromatic heterocycles. The summed E-state index contributed by atoms with van der Waals surface area (Å²) in [4.78, 5) is 9.49. The van der Waals surface area contributed by atoms with Gasteiger partial charge in [0.25, 0.3) is 0 Å². The highest BCUT2D eigenvalue weighted by Crippen LogP contribution is 2.43. The normalized spacial score (nSPS) is 11.8. The number of hydrogen-bond donors (Lipinski definition) is 0. The molecular formula is C64H40N4O. The van der Waals surface area contributed by atoms with Crippen molar-refractivity contribution in [2.24, 2.45) is 0 Å². The fourth-order valence-corrected chi connectivity index (χ4v) is 10.6. The molecule has 5 heterocycles. The maximum Gasteiger partial charge on any atom is 0.159 e. The number of fused-ring (bicyclic) bond motifs is 9. The highest BCUT2D eigenvalue weighted by Gasteiger charge is 2.23. The molecule has 0 aliphatic rings. The SMILES string of the molecule is c1ccc(-c2ccc(-c3cccc(-c4ccc5oc6c(-n7c8ccccc8c8ccccc87)cc(-n7c8ccc(-c9ccccn9)cc8c8cc(-c9ccccn9)ccc87)cc6c5c4)c3)cc2)cc1. The second-order valence-electron chi connectivity index (χ2n) is 17.8. The van der Waals surface area contributed by atoms with Gasteiger partial charge in [-0.15, -0.1) is 0 Å². The molecule has 0 aliphatic heterocycles. The van der Waals surface area contributed by atoms with E-state index in [2.05, 4.69) is 215 Å². The molecule has 0 bridgehead atoms. The van der Waals surface area contributed by atoms with E-state index in [1.165, 1.54) is 33.0 Å². The van der Waals surface area contributed by atoms with Crippen LogP contribution in [0.2, 0.25) is 0 Å². The Balaban J connectivity index is 1.01. The molecule has 0 aliphatic carbocycles. The van der Waals surface area contributed by atoms with Crippen LogP contribution in [-0.2, 0) is 0 Å². The van der Waals surface area contributed by atoms with Crippen LogP contribution in [0.5, 0.6) is 0 Å². The molecule has 322 valence electrons. The Hall–Kier alpha value is -9.32. The zero-order chi connectivity index (χ0) is 45.4. The molecule has 0 saturated heterocycles. The van der Waals surface area contributed by atoms with Crippen molar-refractivity contribution in [3.8, 4) is 67.3 Å². The van der Waals surface area contributed by atoms with Crippen molar-refractivity contribution in [3.05, 3.63) is 243 Å². The molecule has 14 rings (SSSR count). The van der Waals surface area contributed by atoms with Crippen LogP contribution in [0.25, 0.3) is 133 Å². The van der Waals surface area contributed by atoms with Crippen molar-refractivity contribution in [2.75, 3.05) is 0 Å². The Morgan fingerprint density at radius 2 is 0.768 bits per heavy atom. The van der Waals surface area contributed by atoms with Gasteiger partial charge < -0.3 is 13.6 Å². The Labute approximate surface area is 397 Å². The van der Waals surface area contributed by atoms with Crippen molar-refractivity contribution >= 4 is 65.6 Å². The second-order valence-corrected chi connectivity index (χ2v) is 17.8. The molecule has 0 spiro atoms. The summed E-state index contributed by atoms with van der Waals surface area (Å²) in [5.41, 5.74) is 19.1. The molecule has 0 fully saturated rings. The second kappa shape index (κ2) is 15.7. The van der Waals surface area contributed by atoms with Gasteiger partial charge in [-0.1, -0.05) is 140 Å². The first kappa shape index (κ1) is 38.9. The standard InChI is InChI=1S/C64H40N4O/c1-2-13-41(14-3-1)42-23-25-43(26-24-42)44-15-12-16-45(35-44)46-29-32-63-54(36-46)55-39-49(40-62(64(55)69-63)68-58-21-6-4-17-50(58)51-18-5-7-22-59(51)68)67-60-30-27-47(56-19-8-10-33-65-56)37-52(60)53-38-48(28-31-61(53)67)57-20-9-11-34-66-57/h1-40H. The number of benzene rings is 9. The van der Waals surface area contributed by atoms with Gasteiger partial charge in [-0.25, -0.2) is 0 Å². The van der Waals surface area contributed by atoms with Gasteiger partial charge in [0.1, 0.15) is 5.58 Å². The molecular weight excluding hydrogens is 841 g/mol. The third kappa shape index (κ3) is 6.40. The van der Waals surface area contributed by atoms with Crippen LogP contribution in [0.1, 0.15) is 0 Å². The van der Waals surface area contributed by atoms with Crippen molar-refractivity contribution in [2.45, 2.75) is 0 Å². The van der Waals surface area contributed by atoms with Crippen LogP contribution in [-0.4, -0.2) is 19.1 Å². The number of para-hydroxylation sites is 2. The Morgan fingerprint density at radius 3 is 1.39 bits per heavy atom. The Kier molecular flexibility index (Phi) is 8.83. The van der Waals surface area contributed by atoms with E-state index >= 15 is 0 Å². The summed E-state index contributed by atoms with van der Waals surface area (Å²) in [6.07, 6.45) is 3.71. The molecule has 5 nitrogen and oxygen atoms in total. The van der Waals surface area contributed by atoms with E-state index in [4.69, 9.17) is 14.4 Å². The van der Waals surface area contributed by atoms with E-state index in [-0.39, 0.29) is 0 Å². The van der Waals surface area contributed by atoms with Crippen molar-refractivity contribution < 1.29 is 4.42 Å². The minimum Gasteiger partial charge on any atom is -0.454 e. The van der Waals surface area contributed by atoms with Gasteiger partial charge in [-0.3, -0.25) is 9.97 Å². The third-order valence-corrected chi connectivity index (χ3v) is 13.8. The molecule has 69 heavy (non-hydrogen) atoms. The lowest BCUT2D eigenvalue weighted by atomic mass is 9.96. The minimum atomic E-state index is 0.834. The molecule has 0 amide bonds. The summed E-state index contributed by atoms with van der Waals surface area (Å²) in [6.45, 7) is 0. The molecule has 14 aromatic rings. The largest absolute Gasteiger partial charge is 0.454 e. The molecule has 9 aromatic carbocycles. The van der Waals surface area contributed by atoms with E-state index in [0.717, 1.165) is 99.8 Å². The van der Waals surface area contributed by atoms with Gasteiger partial charge in [-0.2, -0.15) is 0 Å². The quantitative estimate of drug-likeness (QED) is 0.160. The summed E-state index contributed by atoms with van der Waals surface area (Å²) >= 11 is 0. The Morgan fingerprint density at radius 1 is 0.290 bits per heavy atom. The minimum absolute atomic E-state index is 0.834. The van der Waals surface area contributed by atoms with Crippen LogP contribution in [0.4, 0.5) is 0 Å². The van der Waals surface area contributed by atoms with Gasteiger partial charge in [0.05, 0.1) is 39.1 Å². The first-order valence-electron chi connectivity index (χ1n) is 23.4. The lowest BCUT2D eigenvalue weighted by Crippen LogP contribution is -1.99. The van der Waals surface area contributed by atoms with Crippen LogP contribution >= 0.6 is 0 Å². The van der Waals surface area contributed by atoms with Crippen LogP contribution in [0, 0.1) is 0 Å². The number of hydrogen-bond acceptors (Lipinski definition) is 3. The van der Waals surface area contributed by atoms with E-state index in [1.807, 2.05) is 36.7 Å². The van der Waals surface area contributed by atoms with E-state index < -0.39 is 0 Å². The summed E-state index contributed by atoms with van der Waals surface area (Å²) in [5.74, 6) is 0. The van der Waals surface area contributed by atoms with Gasteiger partial charge in [-0.05, 0) is 124 Å². The average Bonchev–Trinajstić information content (AvgIpc) is 4.08. The van der Waals surface area contributed by atoms with Gasteiger partial charge in [0, 0.05) is 61.5 Å². The highest BCUT2D eigenvalue weighted by molar-refractivity contribution is 6.15. The van der Waals surface area contributed by atoms with E-state index in [9.17, 15) is 0 Å². The summed E-state index contributed by atoms with van der Waals surface area (Å²) < 4.78 is 11.9. The summed E-state index contributed by atoms with van der Waals surface area (Å²) in [7, 11) is 0. The number of nitrogens with zero attached hydrogens (tertiary/aromatic N) is 4. The predicted octanol–water partition coefficient (Wildman–Crippen LogP) is 16.9. The van der Waals surface area contributed by atoms with Crippen LogP contribution in [0.3, 0.4) is 0 Å². The molecule has 0 unspecified atom stereocenters. The fourth-order valence-electron chi connectivity index (χ4n) is 10.6. The fraction of sp³-hybridized carbons (Fsp3) is 0. The predicted molar refractivity (Wildman–Crippen MR) is 285 cm³/mol. The van der Waals surface area contributed by atoms with E-state index in [1.54, 1.807) is 0 Å². The number of furan rings is 1. The average molecular weight is 881 g/mol. The monoisotopic (exact) mass is 880 g/mol. The zero-order valence-electron chi connectivity index (χ0n) is 37.3. The summed E-state index contributed by atoms with van der Waals surface area (Å²) in [5, 5.41) is 6.76. The molecule has 5 heteroatoms. The number of pyridine rings is 2. The Bertz CT molecular complexity index is 4130. The topological polar surface area (TPSA) is 48.8 Å². The number of rotatable bonds is 7. The van der Waals surface area contributed by atoms with Crippen LogP contribution < -0.4 is 0 Å². The van der Waals surface area contributed by atoms with Crippen molar-refractivity contribution in [3.63, 3.8) is 0 Å². The van der Waals surface area contributed by atoms with Crippen molar-refractivity contribution in [1.82, 2.24) is 19.1 Å². The lowest BCUT2D eigenvalue weighted by Gasteiger charge is -2.14. The molecule has 0 radical (unpaired) electrons. The van der Waals surface area contributed by atoms with Gasteiger partial charge >= 0.3 is 0 Å². The molecule has 0 N–H and O–H groups in total. The summed E-state index contributed by atoms with van der Waals surface area (Å²) in [6, 6.07) is 82.5. The van der Waals surface area contributed by atoms with Gasteiger partial charge in [0.15, 0.2) is 5.58 Å². The van der Waals surface area contributed by atoms with E-state index in [0.29, 0.717) is 0 Å². The first-order chi connectivity index (χ1) is 34.2. The maximum atomic E-state index is 7.07. The van der Waals surface area contributed by atoms with Gasteiger partial charge in [0.2, 0.25) is 0 Å². The third-order valence-electron chi connectivity index (χ3n) is 13.8. The maximum absolute atomic E-state index is 7.07. The lowest BCUT2D eigenvalue weighted by molar-refractivity contribution is 0.666. The van der Waals surface area contributed by atoms with Crippen LogP contribution in [0.15, 0.2) is 247 Å². The van der Waals surface area contributed by atoms with Crippen molar-refractivity contribution in [1.29, 1.82) is 0 Å². The smallest absolute Gasteiger partial charge is 0.159 e. The zero-order valence-corrected chi connectivity index (χ0v) is 37.3. The first-order valence-corrected chi connectivity index (χ1v) is 23.4. The molecule has 0 saturated carbocycles. The highest BCUT2D eigenvalue weighted by atomic mass is 16.3.